The van der Waals surface area contributed by atoms with Crippen LogP contribution in [0.2, 0.25) is 5.02 Å². The average molecular weight is 653 g/mol. The standard InChI is InChI=1S/C31H30ClFN6O5S/c1-44-30(42)26-24(35-28(29-34-10-13-45-29)36-27(26)19-2-6-20(32)7-3-19)17-37-11-12-38-22(15-37)16-39(31(38)43)21-8-4-18(23(33)14-21)5-9-25(40)41/h2-4,6-8,10,13-14,22,27H,5,9,11-12,15-17H2,1H3,(H,35,36)(H,40,41)/t22-,27-/m0/s1. The monoisotopic (exact) mass is 652 g/mol. The largest absolute Gasteiger partial charge is 0.481 e. The summed E-state index contributed by atoms with van der Waals surface area (Å²) < 4.78 is 20.0. The number of aromatic nitrogens is 1. The zero-order valence-electron chi connectivity index (χ0n) is 24.3. The number of carbonyl (C=O) groups is 3. The number of nitrogens with zero attached hydrogens (tertiary/aromatic N) is 5. The normalized spacial score (nSPS) is 20.2. The topological polar surface area (TPSA) is 128 Å². The number of esters is 1. The Labute approximate surface area is 267 Å². The second-order valence-electron chi connectivity index (χ2n) is 10.9. The van der Waals surface area contributed by atoms with Crippen molar-refractivity contribution in [2.75, 3.05) is 44.7 Å². The molecule has 3 aliphatic rings. The van der Waals surface area contributed by atoms with Crippen molar-refractivity contribution in [3.05, 3.63) is 92.3 Å². The van der Waals surface area contributed by atoms with Crippen LogP contribution in [0, 0.1) is 5.82 Å². The van der Waals surface area contributed by atoms with E-state index < -0.39 is 23.8 Å². The Hall–Kier alpha value is -4.33. The van der Waals surface area contributed by atoms with Crippen molar-refractivity contribution in [1.29, 1.82) is 0 Å². The van der Waals surface area contributed by atoms with Crippen LogP contribution < -0.4 is 10.2 Å². The van der Waals surface area contributed by atoms with E-state index in [4.69, 9.17) is 26.4 Å². The minimum absolute atomic E-state index is 0.0738. The average Bonchev–Trinajstić information content (AvgIpc) is 3.68. The van der Waals surface area contributed by atoms with E-state index in [1.165, 1.54) is 24.5 Å². The Bertz CT molecular complexity index is 1680. The van der Waals surface area contributed by atoms with Crippen molar-refractivity contribution >= 4 is 52.4 Å². The zero-order chi connectivity index (χ0) is 31.7. The molecule has 14 heteroatoms. The Morgan fingerprint density at radius 3 is 2.67 bits per heavy atom. The number of hydrogen-bond acceptors (Lipinski definition) is 9. The van der Waals surface area contributed by atoms with Gasteiger partial charge in [-0.1, -0.05) is 29.8 Å². The number of carboxylic acids is 1. The smallest absolute Gasteiger partial charge is 0.338 e. The van der Waals surface area contributed by atoms with Crippen LogP contribution in [0.5, 0.6) is 0 Å². The molecule has 2 aromatic carbocycles. The number of hydrogen-bond donors (Lipinski definition) is 2. The molecule has 4 heterocycles. The molecule has 2 atom stereocenters. The van der Waals surface area contributed by atoms with Gasteiger partial charge in [0, 0.05) is 67.1 Å². The fraction of sp³-hybridized carbons (Fsp3) is 0.323. The van der Waals surface area contributed by atoms with Crippen LogP contribution in [0.25, 0.3) is 0 Å². The molecule has 0 spiro atoms. The van der Waals surface area contributed by atoms with E-state index >= 15 is 0 Å². The van der Waals surface area contributed by atoms with Crippen LogP contribution in [0.3, 0.4) is 0 Å². The molecular weight excluding hydrogens is 623 g/mol. The molecule has 0 radical (unpaired) electrons. The second kappa shape index (κ2) is 13.0. The number of carbonyl (C=O) groups excluding carboxylic acids is 2. The molecule has 2 amide bonds. The summed E-state index contributed by atoms with van der Waals surface area (Å²) in [6.07, 6.45) is 1.59. The minimum Gasteiger partial charge on any atom is -0.481 e. The van der Waals surface area contributed by atoms with Gasteiger partial charge in [-0.25, -0.2) is 19.0 Å². The Morgan fingerprint density at radius 2 is 1.98 bits per heavy atom. The number of aliphatic imine (C=N–C) groups is 1. The number of thiazole rings is 1. The Balaban J connectivity index is 1.23. The molecule has 0 saturated carbocycles. The van der Waals surface area contributed by atoms with Crippen molar-refractivity contribution in [3.63, 3.8) is 0 Å². The number of amidine groups is 1. The highest BCUT2D eigenvalue weighted by atomic mass is 35.5. The summed E-state index contributed by atoms with van der Waals surface area (Å²) in [4.78, 5) is 52.3. The maximum Gasteiger partial charge on any atom is 0.338 e. The van der Waals surface area contributed by atoms with Crippen molar-refractivity contribution in [1.82, 2.24) is 20.1 Å². The van der Waals surface area contributed by atoms with Crippen LogP contribution in [0.4, 0.5) is 14.9 Å². The molecule has 3 aromatic rings. The quantitative estimate of drug-likeness (QED) is 0.331. The van der Waals surface area contributed by atoms with Gasteiger partial charge in [-0.3, -0.25) is 19.6 Å². The third-order valence-electron chi connectivity index (χ3n) is 8.13. The molecule has 2 saturated heterocycles. The van der Waals surface area contributed by atoms with Gasteiger partial charge in [-0.15, -0.1) is 11.3 Å². The number of urea groups is 1. The molecule has 45 heavy (non-hydrogen) atoms. The molecule has 2 N–H and O–H groups in total. The van der Waals surface area contributed by atoms with Gasteiger partial charge in [-0.05, 0) is 41.8 Å². The maximum absolute atomic E-state index is 14.8. The number of aryl methyl sites for hydroxylation is 1. The summed E-state index contributed by atoms with van der Waals surface area (Å²) in [6.45, 7) is 2.25. The number of anilines is 1. The van der Waals surface area contributed by atoms with Crippen molar-refractivity contribution < 1.29 is 28.6 Å². The van der Waals surface area contributed by atoms with E-state index in [0.29, 0.717) is 71.1 Å². The molecular formula is C31H30ClFN6O5S. The van der Waals surface area contributed by atoms with Crippen molar-refractivity contribution in [2.24, 2.45) is 4.99 Å². The number of amides is 2. The maximum atomic E-state index is 14.8. The van der Waals surface area contributed by atoms with Gasteiger partial charge in [0.05, 0.1) is 18.7 Å². The van der Waals surface area contributed by atoms with Crippen molar-refractivity contribution in [3.8, 4) is 0 Å². The summed E-state index contributed by atoms with van der Waals surface area (Å²) in [5, 5.41) is 15.4. The van der Waals surface area contributed by atoms with Gasteiger partial charge in [0.25, 0.3) is 0 Å². The number of methoxy groups -OCH3 is 1. The van der Waals surface area contributed by atoms with Gasteiger partial charge < -0.3 is 20.1 Å². The molecule has 0 aliphatic carbocycles. The first-order valence-electron chi connectivity index (χ1n) is 14.3. The zero-order valence-corrected chi connectivity index (χ0v) is 25.9. The first kappa shape index (κ1) is 30.7. The van der Waals surface area contributed by atoms with Crippen molar-refractivity contribution in [2.45, 2.75) is 24.9 Å². The number of benzene rings is 2. The van der Waals surface area contributed by atoms with Crippen LogP contribution in [-0.4, -0.2) is 89.6 Å². The van der Waals surface area contributed by atoms with Gasteiger partial charge in [-0.2, -0.15) is 0 Å². The molecule has 0 bridgehead atoms. The van der Waals surface area contributed by atoms with E-state index in [1.807, 2.05) is 17.5 Å². The number of ether oxygens (including phenoxy) is 1. The number of rotatable bonds is 9. The summed E-state index contributed by atoms with van der Waals surface area (Å²) in [5.41, 5.74) is 2.51. The first-order valence-corrected chi connectivity index (χ1v) is 15.6. The Morgan fingerprint density at radius 1 is 1.18 bits per heavy atom. The number of piperazine rings is 1. The highest BCUT2D eigenvalue weighted by molar-refractivity contribution is 7.11. The molecule has 2 fully saturated rings. The van der Waals surface area contributed by atoms with Gasteiger partial charge in [0.1, 0.15) is 11.9 Å². The molecule has 6 rings (SSSR count). The molecule has 234 valence electrons. The van der Waals surface area contributed by atoms with Crippen LogP contribution >= 0.6 is 22.9 Å². The number of aliphatic carboxylic acids is 1. The molecule has 3 aliphatic heterocycles. The lowest BCUT2D eigenvalue weighted by Crippen LogP contribution is -2.53. The van der Waals surface area contributed by atoms with Crippen LogP contribution in [-0.2, 0) is 20.7 Å². The number of fused-ring (bicyclic) bond motifs is 1. The molecule has 11 nitrogen and oxygen atoms in total. The number of nitrogens with one attached hydrogen (secondary N) is 1. The summed E-state index contributed by atoms with van der Waals surface area (Å²) in [7, 11) is 1.34. The fourth-order valence-electron chi connectivity index (χ4n) is 5.91. The number of halogens is 2. The highest BCUT2D eigenvalue weighted by Gasteiger charge is 2.42. The van der Waals surface area contributed by atoms with E-state index in [2.05, 4.69) is 15.2 Å². The van der Waals surface area contributed by atoms with E-state index in [1.54, 1.807) is 40.3 Å². The summed E-state index contributed by atoms with van der Waals surface area (Å²) >= 11 is 7.58. The summed E-state index contributed by atoms with van der Waals surface area (Å²) in [5.74, 6) is -1.50. The summed E-state index contributed by atoms with van der Waals surface area (Å²) in [6, 6.07) is 10.6. The predicted molar refractivity (Wildman–Crippen MR) is 167 cm³/mol. The third-order valence-corrected chi connectivity index (χ3v) is 9.16. The molecule has 1 aromatic heterocycles. The van der Waals surface area contributed by atoms with E-state index in [9.17, 15) is 18.8 Å². The minimum atomic E-state index is -1.00. The van der Waals surface area contributed by atoms with E-state index in [0.717, 1.165) is 5.56 Å². The Kier molecular flexibility index (Phi) is 8.83. The lowest BCUT2D eigenvalue weighted by Gasteiger charge is -2.38. The lowest BCUT2D eigenvalue weighted by atomic mass is 9.95. The molecule has 0 unspecified atom stereocenters. The van der Waals surface area contributed by atoms with Crippen LogP contribution in [0.1, 0.15) is 28.6 Å². The van der Waals surface area contributed by atoms with Gasteiger partial charge >= 0.3 is 18.0 Å². The van der Waals surface area contributed by atoms with Gasteiger partial charge in [0.15, 0.2) is 10.8 Å². The van der Waals surface area contributed by atoms with Gasteiger partial charge in [0.2, 0.25) is 0 Å². The second-order valence-corrected chi connectivity index (χ2v) is 12.3. The lowest BCUT2D eigenvalue weighted by molar-refractivity contribution is -0.137. The fourth-order valence-corrected chi connectivity index (χ4v) is 6.62. The predicted octanol–water partition coefficient (Wildman–Crippen LogP) is 4.10. The number of carboxylic acid groups (broad SMARTS) is 1. The van der Waals surface area contributed by atoms with E-state index in [-0.39, 0.29) is 24.9 Å². The SMILES string of the molecule is COC(=O)C1=C(CN2CCN3C(=O)N(c4ccc(CCC(=O)O)c(F)c4)C[C@@H]3C2)NC(c2nccs2)=N[C@H]1c1ccc(Cl)cc1. The highest BCUT2D eigenvalue weighted by Crippen LogP contribution is 2.34. The van der Waals surface area contributed by atoms with Crippen LogP contribution in [0.15, 0.2) is 70.3 Å². The first-order chi connectivity index (χ1) is 21.7. The third kappa shape index (κ3) is 6.42.